The molecule has 0 amide bonds. The van der Waals surface area contributed by atoms with Crippen LogP contribution >= 0.6 is 0 Å². The van der Waals surface area contributed by atoms with Gasteiger partial charge in [-0.05, 0) is 78.1 Å². The van der Waals surface area contributed by atoms with Crippen molar-refractivity contribution in [3.05, 3.63) is 131 Å². The molecule has 1 aliphatic rings. The van der Waals surface area contributed by atoms with Gasteiger partial charge < -0.3 is 14.8 Å². The number of carbonyl (C=O) groups is 1. The van der Waals surface area contributed by atoms with Crippen LogP contribution in [0.25, 0.3) is 0 Å². The van der Waals surface area contributed by atoms with E-state index >= 15 is 0 Å². The topological polar surface area (TPSA) is 47.6 Å². The summed E-state index contributed by atoms with van der Waals surface area (Å²) in [6, 6.07) is 29.2. The van der Waals surface area contributed by atoms with Crippen LogP contribution in [0.2, 0.25) is 0 Å². The Morgan fingerprint density at radius 3 is 2.11 bits per heavy atom. The second-order valence-electron chi connectivity index (χ2n) is 9.13. The van der Waals surface area contributed by atoms with Crippen molar-refractivity contribution < 1.29 is 23.0 Å². The van der Waals surface area contributed by atoms with Crippen molar-refractivity contribution in [1.29, 1.82) is 0 Å². The van der Waals surface area contributed by atoms with Crippen molar-refractivity contribution in [1.82, 2.24) is 0 Å². The first kappa shape index (κ1) is 24.5. The number of ether oxygens (including phenoxy) is 2. The molecule has 0 aliphatic carbocycles. The van der Waals surface area contributed by atoms with Crippen molar-refractivity contribution in [3.63, 3.8) is 0 Å². The van der Waals surface area contributed by atoms with E-state index in [4.69, 9.17) is 9.47 Å². The van der Waals surface area contributed by atoms with Crippen LogP contribution in [-0.4, -0.2) is 5.97 Å². The molecule has 5 rings (SSSR count). The first-order chi connectivity index (χ1) is 18.0. The van der Waals surface area contributed by atoms with E-state index in [9.17, 15) is 13.6 Å². The molecule has 0 saturated carbocycles. The van der Waals surface area contributed by atoms with Crippen LogP contribution in [0.5, 0.6) is 5.75 Å². The van der Waals surface area contributed by atoms with Gasteiger partial charge in [-0.1, -0.05) is 54.6 Å². The predicted octanol–water partition coefficient (Wildman–Crippen LogP) is 7.39. The summed E-state index contributed by atoms with van der Waals surface area (Å²) >= 11 is 0. The molecule has 1 N–H and O–H groups in total. The second kappa shape index (κ2) is 11.2. The van der Waals surface area contributed by atoms with Crippen LogP contribution in [0.3, 0.4) is 0 Å². The molecule has 188 valence electrons. The molecular formula is C31H27F2NO3. The number of carbonyl (C=O) groups excluding carboxylic acids is 1. The highest BCUT2D eigenvalue weighted by Crippen LogP contribution is 2.39. The van der Waals surface area contributed by atoms with Gasteiger partial charge in [0.25, 0.3) is 0 Å². The second-order valence-corrected chi connectivity index (χ2v) is 9.13. The molecule has 0 radical (unpaired) electrons. The van der Waals surface area contributed by atoms with E-state index in [1.165, 1.54) is 24.3 Å². The van der Waals surface area contributed by atoms with E-state index in [0.29, 0.717) is 25.1 Å². The van der Waals surface area contributed by atoms with E-state index < -0.39 is 18.1 Å². The van der Waals surface area contributed by atoms with Gasteiger partial charge in [0.15, 0.2) is 0 Å². The van der Waals surface area contributed by atoms with Gasteiger partial charge in [0.1, 0.15) is 30.1 Å². The lowest BCUT2D eigenvalue weighted by Gasteiger charge is -2.34. The number of esters is 1. The third kappa shape index (κ3) is 6.15. The molecule has 37 heavy (non-hydrogen) atoms. The molecule has 0 bridgehead atoms. The molecule has 1 aliphatic heterocycles. The highest BCUT2D eigenvalue weighted by molar-refractivity contribution is 5.75. The van der Waals surface area contributed by atoms with Crippen LogP contribution in [0.4, 0.5) is 14.5 Å². The van der Waals surface area contributed by atoms with E-state index in [-0.39, 0.29) is 17.6 Å². The summed E-state index contributed by atoms with van der Waals surface area (Å²) in [4.78, 5) is 13.2. The lowest BCUT2D eigenvalue weighted by atomic mass is 9.85. The Balaban J connectivity index is 1.33. The number of benzene rings is 4. The van der Waals surface area contributed by atoms with Gasteiger partial charge >= 0.3 is 5.97 Å². The lowest BCUT2D eigenvalue weighted by Crippen LogP contribution is -2.34. The standard InChI is InChI=1S/C31H27F2NO3/c32-24-10-6-22(7-11-24)29-19-18-28(31(35)37-29)30(34-26-14-12-25(33)13-15-26)23-8-16-27(17-9-23)36-20-21-4-2-1-3-5-21/h1-17,28-30,34H,18-20H2/t28-,29-,30-/m1/s1. The minimum Gasteiger partial charge on any atom is -0.489 e. The van der Waals surface area contributed by atoms with Gasteiger partial charge in [-0.15, -0.1) is 0 Å². The molecule has 4 aromatic rings. The molecule has 0 unspecified atom stereocenters. The minimum absolute atomic E-state index is 0.329. The van der Waals surface area contributed by atoms with E-state index in [1.807, 2.05) is 54.6 Å². The Morgan fingerprint density at radius 2 is 1.46 bits per heavy atom. The number of cyclic esters (lactones) is 1. The SMILES string of the molecule is O=C1O[C@@H](c2ccc(F)cc2)CC[C@@H]1[C@H](Nc1ccc(F)cc1)c1ccc(OCc2ccccc2)cc1. The maximum Gasteiger partial charge on any atom is 0.311 e. The number of anilines is 1. The van der Waals surface area contributed by atoms with Gasteiger partial charge in [0.2, 0.25) is 0 Å². The first-order valence-corrected chi connectivity index (χ1v) is 12.3. The van der Waals surface area contributed by atoms with Crippen molar-refractivity contribution >= 4 is 11.7 Å². The third-order valence-electron chi connectivity index (χ3n) is 6.60. The normalized spacial score (nSPS) is 18.1. The summed E-state index contributed by atoms with van der Waals surface area (Å²) in [5.41, 5.74) is 3.43. The lowest BCUT2D eigenvalue weighted by molar-refractivity contribution is -0.161. The fraction of sp³-hybridized carbons (Fsp3) is 0.194. The molecule has 4 nitrogen and oxygen atoms in total. The summed E-state index contributed by atoms with van der Waals surface area (Å²) < 4.78 is 38.6. The summed E-state index contributed by atoms with van der Waals surface area (Å²) in [7, 11) is 0. The van der Waals surface area contributed by atoms with E-state index in [0.717, 1.165) is 22.4 Å². The van der Waals surface area contributed by atoms with Gasteiger partial charge in [0.05, 0.1) is 12.0 Å². The summed E-state index contributed by atoms with van der Waals surface area (Å²) in [5, 5.41) is 3.40. The molecular weight excluding hydrogens is 472 g/mol. The Morgan fingerprint density at radius 1 is 0.811 bits per heavy atom. The summed E-state index contributed by atoms with van der Waals surface area (Å²) in [6.07, 6.45) is 0.776. The molecule has 0 spiro atoms. The zero-order chi connectivity index (χ0) is 25.6. The number of rotatable bonds is 8. The largest absolute Gasteiger partial charge is 0.489 e. The van der Waals surface area contributed by atoms with E-state index in [2.05, 4.69) is 5.32 Å². The zero-order valence-corrected chi connectivity index (χ0v) is 20.1. The molecule has 0 aromatic heterocycles. The van der Waals surface area contributed by atoms with E-state index in [1.54, 1.807) is 24.3 Å². The average Bonchev–Trinajstić information content (AvgIpc) is 2.93. The highest BCUT2D eigenvalue weighted by Gasteiger charge is 2.37. The fourth-order valence-corrected chi connectivity index (χ4v) is 4.60. The highest BCUT2D eigenvalue weighted by atomic mass is 19.1. The Hall–Kier alpha value is -4.19. The average molecular weight is 500 g/mol. The zero-order valence-electron chi connectivity index (χ0n) is 20.1. The van der Waals surface area contributed by atoms with Gasteiger partial charge in [0, 0.05) is 5.69 Å². The van der Waals surface area contributed by atoms with Crippen molar-refractivity contribution in [2.75, 3.05) is 5.32 Å². The van der Waals surface area contributed by atoms with Crippen LogP contribution in [-0.2, 0) is 16.1 Å². The molecule has 3 atom stereocenters. The fourth-order valence-electron chi connectivity index (χ4n) is 4.60. The minimum atomic E-state index is -0.460. The van der Waals surface area contributed by atoms with Crippen LogP contribution in [0.15, 0.2) is 103 Å². The van der Waals surface area contributed by atoms with Crippen LogP contribution < -0.4 is 10.1 Å². The van der Waals surface area contributed by atoms with Crippen molar-refractivity contribution in [2.45, 2.75) is 31.6 Å². The van der Waals surface area contributed by atoms with Gasteiger partial charge in [-0.3, -0.25) is 4.79 Å². The van der Waals surface area contributed by atoms with Crippen molar-refractivity contribution in [2.24, 2.45) is 5.92 Å². The maximum absolute atomic E-state index is 13.5. The molecule has 1 fully saturated rings. The number of halogens is 2. The molecule has 4 aromatic carbocycles. The predicted molar refractivity (Wildman–Crippen MR) is 138 cm³/mol. The molecule has 1 heterocycles. The van der Waals surface area contributed by atoms with Gasteiger partial charge in [-0.2, -0.15) is 0 Å². The van der Waals surface area contributed by atoms with Gasteiger partial charge in [-0.25, -0.2) is 8.78 Å². The number of nitrogens with one attached hydrogen (secondary N) is 1. The number of hydrogen-bond donors (Lipinski definition) is 1. The maximum atomic E-state index is 13.5. The monoisotopic (exact) mass is 499 g/mol. The number of hydrogen-bond acceptors (Lipinski definition) is 4. The molecule has 6 heteroatoms. The Labute approximate surface area is 214 Å². The van der Waals surface area contributed by atoms with Crippen LogP contribution in [0, 0.1) is 17.6 Å². The third-order valence-corrected chi connectivity index (χ3v) is 6.60. The van der Waals surface area contributed by atoms with Crippen molar-refractivity contribution in [3.8, 4) is 5.75 Å². The smallest absolute Gasteiger partial charge is 0.311 e. The van der Waals surface area contributed by atoms with Crippen LogP contribution in [0.1, 0.15) is 41.7 Å². The first-order valence-electron chi connectivity index (χ1n) is 12.3. The molecule has 1 saturated heterocycles. The summed E-state index contributed by atoms with van der Waals surface area (Å²) in [5.74, 6) is -0.733. The Kier molecular flexibility index (Phi) is 7.45. The Bertz CT molecular complexity index is 1310. The summed E-state index contributed by atoms with van der Waals surface area (Å²) in [6.45, 7) is 0.456. The quantitative estimate of drug-likeness (QED) is 0.257.